The van der Waals surface area contributed by atoms with Crippen LogP contribution in [0.2, 0.25) is 0 Å². The van der Waals surface area contributed by atoms with Gasteiger partial charge in [-0.25, -0.2) is 19.4 Å². The molecule has 3 amide bonds. The first kappa shape index (κ1) is 46.7. The number of piperidine rings is 2. The zero-order valence-corrected chi connectivity index (χ0v) is 37.2. The van der Waals surface area contributed by atoms with Gasteiger partial charge in [-0.2, -0.15) is 0 Å². The number of ether oxygens (including phenoxy) is 3. The number of nitrogens with one attached hydrogen (secondary N) is 3. The molecule has 0 saturated carbocycles. The van der Waals surface area contributed by atoms with Gasteiger partial charge in [0, 0.05) is 81.6 Å². The van der Waals surface area contributed by atoms with E-state index in [0.29, 0.717) is 34.7 Å². The first-order valence-corrected chi connectivity index (χ1v) is 22.0. The number of halogens is 2. The number of hydrogen-bond acceptors (Lipinski definition) is 10. The van der Waals surface area contributed by atoms with Crippen molar-refractivity contribution < 1.29 is 42.2 Å². The van der Waals surface area contributed by atoms with Crippen molar-refractivity contribution in [1.29, 1.82) is 0 Å². The van der Waals surface area contributed by atoms with Crippen LogP contribution in [0.5, 0.6) is 11.5 Å². The molecule has 0 radical (unpaired) electrons. The molecule has 6 aromatic rings. The van der Waals surface area contributed by atoms with Gasteiger partial charge in [-0.3, -0.25) is 19.8 Å². The number of anilines is 4. The number of methoxy groups -OCH3 is 1. The molecule has 0 aromatic heterocycles. The Labute approximate surface area is 382 Å². The lowest BCUT2D eigenvalue weighted by Gasteiger charge is -2.32. The number of nitrogens with two attached hydrogens (primary N) is 1. The molecule has 0 atom stereocenters. The van der Waals surface area contributed by atoms with E-state index in [4.69, 9.17) is 15.3 Å². The van der Waals surface area contributed by atoms with Gasteiger partial charge in [-0.1, -0.05) is 62.4 Å². The number of nitrogens with zero attached hydrogens (tertiary/aromatic N) is 2. The van der Waals surface area contributed by atoms with Crippen LogP contribution >= 0.6 is 0 Å². The molecule has 0 unspecified atom stereocenters. The third-order valence-electron chi connectivity index (χ3n) is 11.9. The molecule has 2 heterocycles. The standard InChI is InChI=1S/C26H27FN2O4.C25H27FN4O3/c1-17-9-11-29(12-10-17)20-14-18(13-19(27)15-20)26(31)28-23-7-8-24(33-16-25(30)32-2)22-6-4-3-5-21(22)23;1-16-8-10-30(11-9-16)19-13-17(12-18(26)14-19)25(32)28-22-6-7-23(33-15-24(31)29-27)21-5-3-2-4-20(21)22/h3-8,13-15,17H,9-12,16H2,1-2H3,(H,28,31);2-7,12-14,16H,8-11,15,27H2,1H3,(H,28,32)(H,29,31). The second-order valence-electron chi connectivity index (χ2n) is 16.7. The van der Waals surface area contributed by atoms with Crippen molar-refractivity contribution in [3.8, 4) is 11.5 Å². The summed E-state index contributed by atoms with van der Waals surface area (Å²) >= 11 is 0. The van der Waals surface area contributed by atoms with E-state index in [1.807, 2.05) is 54.0 Å². The summed E-state index contributed by atoms with van der Waals surface area (Å²) in [6.07, 6.45) is 4.19. The van der Waals surface area contributed by atoms with E-state index in [-0.39, 0.29) is 24.3 Å². The highest BCUT2D eigenvalue weighted by Gasteiger charge is 2.21. The fraction of sp³-hybridized carbons (Fsp3) is 0.294. The lowest BCUT2D eigenvalue weighted by molar-refractivity contribution is -0.142. The smallest absolute Gasteiger partial charge is 0.343 e. The quantitative estimate of drug-likeness (QED) is 0.0404. The number of fused-ring (bicyclic) bond motifs is 2. The van der Waals surface area contributed by atoms with Gasteiger partial charge in [-0.15, -0.1) is 0 Å². The molecule has 6 aromatic carbocycles. The zero-order valence-electron chi connectivity index (χ0n) is 37.2. The Morgan fingerprint density at radius 3 is 1.41 bits per heavy atom. The maximum Gasteiger partial charge on any atom is 0.343 e. The minimum absolute atomic E-state index is 0.215. The van der Waals surface area contributed by atoms with E-state index in [1.165, 1.54) is 31.4 Å². The second-order valence-corrected chi connectivity index (χ2v) is 16.7. The van der Waals surface area contributed by atoms with Crippen molar-refractivity contribution in [2.75, 3.05) is 66.9 Å². The highest BCUT2D eigenvalue weighted by Crippen LogP contribution is 2.34. The number of carbonyl (C=O) groups is 4. The monoisotopic (exact) mass is 900 g/mol. The van der Waals surface area contributed by atoms with E-state index in [9.17, 15) is 28.0 Å². The molecule has 2 aliphatic rings. The van der Waals surface area contributed by atoms with Gasteiger partial charge in [0.2, 0.25) is 0 Å². The maximum absolute atomic E-state index is 14.4. The van der Waals surface area contributed by atoms with Crippen molar-refractivity contribution >= 4 is 68.0 Å². The van der Waals surface area contributed by atoms with E-state index in [1.54, 1.807) is 36.4 Å². The molecular formula is C51H54F2N6O7. The molecule has 66 heavy (non-hydrogen) atoms. The maximum atomic E-state index is 14.4. The summed E-state index contributed by atoms with van der Waals surface area (Å²) in [4.78, 5) is 53.2. The summed E-state index contributed by atoms with van der Waals surface area (Å²) < 4.78 is 44.5. The number of rotatable bonds is 12. The number of hydrazine groups is 1. The van der Waals surface area contributed by atoms with Gasteiger partial charge >= 0.3 is 5.97 Å². The highest BCUT2D eigenvalue weighted by molar-refractivity contribution is 6.11. The van der Waals surface area contributed by atoms with Gasteiger partial charge in [0.25, 0.3) is 17.7 Å². The van der Waals surface area contributed by atoms with E-state index < -0.39 is 35.3 Å². The fourth-order valence-corrected chi connectivity index (χ4v) is 8.09. The Balaban J connectivity index is 0.000000196. The summed E-state index contributed by atoms with van der Waals surface area (Å²) in [5.74, 6) is 4.79. The molecular weight excluding hydrogens is 847 g/mol. The average molecular weight is 901 g/mol. The van der Waals surface area contributed by atoms with Gasteiger partial charge in [-0.05, 0) is 98.2 Å². The minimum atomic E-state index is -0.485. The molecule has 15 heteroatoms. The van der Waals surface area contributed by atoms with Gasteiger partial charge in [0.15, 0.2) is 13.2 Å². The average Bonchev–Trinajstić information content (AvgIpc) is 3.33. The first-order chi connectivity index (χ1) is 31.9. The predicted octanol–water partition coefficient (Wildman–Crippen LogP) is 8.86. The largest absolute Gasteiger partial charge is 0.483 e. The van der Waals surface area contributed by atoms with Crippen molar-refractivity contribution in [1.82, 2.24) is 5.43 Å². The van der Waals surface area contributed by atoms with E-state index in [0.717, 1.165) is 84.8 Å². The Kier molecular flexibility index (Phi) is 15.3. The van der Waals surface area contributed by atoms with Crippen LogP contribution in [0.4, 0.5) is 31.5 Å². The first-order valence-electron chi connectivity index (χ1n) is 22.0. The third kappa shape index (κ3) is 11.7. The van der Waals surface area contributed by atoms with Crippen molar-refractivity contribution in [3.63, 3.8) is 0 Å². The molecule has 2 saturated heterocycles. The normalized spacial score (nSPS) is 14.2. The number of amides is 3. The summed E-state index contributed by atoms with van der Waals surface area (Å²) in [7, 11) is 1.30. The Morgan fingerprint density at radius 2 is 1.00 bits per heavy atom. The molecule has 0 bridgehead atoms. The zero-order chi connectivity index (χ0) is 46.7. The van der Waals surface area contributed by atoms with Crippen LogP contribution in [-0.2, 0) is 14.3 Å². The molecule has 2 aliphatic heterocycles. The molecule has 0 spiro atoms. The fourth-order valence-electron chi connectivity index (χ4n) is 8.09. The van der Waals surface area contributed by atoms with Crippen LogP contribution in [0.25, 0.3) is 21.5 Å². The van der Waals surface area contributed by atoms with Gasteiger partial charge in [0.05, 0.1) is 7.11 Å². The summed E-state index contributed by atoms with van der Waals surface area (Å²) in [5.41, 5.74) is 5.11. The lowest BCUT2D eigenvalue weighted by atomic mass is 9.98. The molecule has 0 aliphatic carbocycles. The molecule has 8 rings (SSSR count). The second kappa shape index (κ2) is 21.6. The van der Waals surface area contributed by atoms with Crippen LogP contribution in [0.15, 0.2) is 109 Å². The lowest BCUT2D eigenvalue weighted by Crippen LogP contribution is -2.34. The number of esters is 1. The van der Waals surface area contributed by atoms with Gasteiger partial charge in [0.1, 0.15) is 23.1 Å². The molecule has 5 N–H and O–H groups in total. The SMILES string of the molecule is CC1CCN(c2cc(F)cc(C(=O)Nc3ccc(OCC(=O)NN)c4ccccc34)c2)CC1.COC(=O)COc1ccc(NC(=O)c2cc(F)cc(N3CCC(C)CC3)c2)c2ccccc12. The molecule has 13 nitrogen and oxygen atoms in total. The summed E-state index contributed by atoms with van der Waals surface area (Å²) in [6, 6.07) is 30.4. The van der Waals surface area contributed by atoms with Crippen molar-refractivity contribution in [2.45, 2.75) is 39.5 Å². The van der Waals surface area contributed by atoms with Crippen LogP contribution < -0.4 is 41.2 Å². The summed E-state index contributed by atoms with van der Waals surface area (Å²) in [6.45, 7) is 7.39. The Hall–Kier alpha value is -7.26. The summed E-state index contributed by atoms with van der Waals surface area (Å²) in [5, 5.41) is 8.73. The minimum Gasteiger partial charge on any atom is -0.483 e. The van der Waals surface area contributed by atoms with E-state index >= 15 is 0 Å². The highest BCUT2D eigenvalue weighted by atomic mass is 19.1. The van der Waals surface area contributed by atoms with Crippen LogP contribution in [0.1, 0.15) is 60.2 Å². The number of benzene rings is 6. The molecule has 344 valence electrons. The Morgan fingerprint density at radius 1 is 0.591 bits per heavy atom. The van der Waals surface area contributed by atoms with Crippen molar-refractivity contribution in [2.24, 2.45) is 17.7 Å². The van der Waals surface area contributed by atoms with Crippen LogP contribution in [0.3, 0.4) is 0 Å². The Bertz CT molecular complexity index is 2530. The number of carbonyl (C=O) groups excluding carboxylic acids is 4. The van der Waals surface area contributed by atoms with Crippen molar-refractivity contribution in [3.05, 3.63) is 132 Å². The van der Waals surface area contributed by atoms with E-state index in [2.05, 4.69) is 39.0 Å². The number of hydrogen-bond donors (Lipinski definition) is 4. The van der Waals surface area contributed by atoms with Gasteiger partial charge < -0.3 is 34.6 Å². The van der Waals surface area contributed by atoms with Crippen LogP contribution in [-0.4, -0.2) is 70.2 Å². The predicted molar refractivity (Wildman–Crippen MR) is 253 cm³/mol. The topological polar surface area (TPSA) is 165 Å². The third-order valence-corrected chi connectivity index (χ3v) is 11.9. The molecule has 2 fully saturated rings. The van der Waals surface area contributed by atoms with Crippen LogP contribution in [0, 0.1) is 23.5 Å².